The number of halogens is 1. The van der Waals surface area contributed by atoms with Crippen LogP contribution < -0.4 is 4.74 Å². The third-order valence-electron chi connectivity index (χ3n) is 3.08. The third kappa shape index (κ3) is 4.48. The molecule has 22 heavy (non-hydrogen) atoms. The van der Waals surface area contributed by atoms with E-state index in [1.54, 1.807) is 18.2 Å². The van der Waals surface area contributed by atoms with E-state index in [-0.39, 0.29) is 0 Å². The van der Waals surface area contributed by atoms with Crippen LogP contribution in [0.15, 0.2) is 49.2 Å². The van der Waals surface area contributed by atoms with Gasteiger partial charge in [0.05, 0.1) is 19.2 Å². The first-order valence-corrected chi connectivity index (χ1v) is 7.06. The predicted molar refractivity (Wildman–Crippen MR) is 91.1 cm³/mol. The number of aldehydes is 1. The molecule has 0 aromatic heterocycles. The Labute approximate surface area is 136 Å². The third-order valence-corrected chi connectivity index (χ3v) is 3.44. The Morgan fingerprint density at radius 2 is 2.09 bits per heavy atom. The number of carbonyl (C=O) groups is 1. The number of hydrogen-bond acceptors (Lipinski definition) is 4. The van der Waals surface area contributed by atoms with Crippen molar-refractivity contribution < 1.29 is 9.53 Å². The van der Waals surface area contributed by atoms with E-state index in [4.69, 9.17) is 16.3 Å². The molecule has 0 aliphatic heterocycles. The summed E-state index contributed by atoms with van der Waals surface area (Å²) >= 11 is 6.27. The first-order chi connectivity index (χ1) is 10.4. The van der Waals surface area contributed by atoms with Gasteiger partial charge in [0, 0.05) is 24.8 Å². The molecular formula is C17H21ClN2O2. The van der Waals surface area contributed by atoms with Crippen molar-refractivity contribution in [2.45, 2.75) is 6.54 Å². The van der Waals surface area contributed by atoms with Crippen molar-refractivity contribution in [1.29, 1.82) is 0 Å². The standard InChI is InChI=1S/C17H21ClN2O2/c1-6-7-8-13(2)20(19(3)4)11-14-10-17(22-5)15(12-21)9-16(14)18/h6-10,12H,1-2,11H2,3-5H3/b8-7-. The van der Waals surface area contributed by atoms with Crippen LogP contribution in [-0.2, 0) is 6.54 Å². The minimum Gasteiger partial charge on any atom is -0.496 e. The van der Waals surface area contributed by atoms with Gasteiger partial charge in [-0.1, -0.05) is 36.9 Å². The molecule has 4 nitrogen and oxygen atoms in total. The molecule has 0 bridgehead atoms. The highest BCUT2D eigenvalue weighted by molar-refractivity contribution is 6.31. The van der Waals surface area contributed by atoms with Crippen molar-refractivity contribution in [3.8, 4) is 5.75 Å². The summed E-state index contributed by atoms with van der Waals surface area (Å²) < 4.78 is 5.23. The Morgan fingerprint density at radius 3 is 2.59 bits per heavy atom. The zero-order chi connectivity index (χ0) is 16.7. The predicted octanol–water partition coefficient (Wildman–Crippen LogP) is 3.70. The average molecular weight is 321 g/mol. The topological polar surface area (TPSA) is 32.8 Å². The fourth-order valence-electron chi connectivity index (χ4n) is 1.93. The second-order valence-electron chi connectivity index (χ2n) is 4.79. The van der Waals surface area contributed by atoms with E-state index in [2.05, 4.69) is 13.2 Å². The molecule has 0 amide bonds. The number of ether oxygens (including phenoxy) is 1. The number of rotatable bonds is 8. The largest absolute Gasteiger partial charge is 0.496 e. The summed E-state index contributed by atoms with van der Waals surface area (Å²) in [5.74, 6) is 0.500. The molecule has 1 aromatic rings. The molecule has 1 rings (SSSR count). The molecule has 0 heterocycles. The lowest BCUT2D eigenvalue weighted by Gasteiger charge is -2.32. The minimum atomic E-state index is 0.429. The van der Waals surface area contributed by atoms with E-state index in [0.29, 0.717) is 22.9 Å². The van der Waals surface area contributed by atoms with Crippen molar-refractivity contribution in [3.63, 3.8) is 0 Å². The molecule has 1 aromatic carbocycles. The quantitative estimate of drug-likeness (QED) is 0.415. The maximum atomic E-state index is 11.0. The molecule has 0 aliphatic carbocycles. The van der Waals surface area contributed by atoms with Gasteiger partial charge in [0.1, 0.15) is 5.75 Å². The van der Waals surface area contributed by atoms with Gasteiger partial charge in [0.25, 0.3) is 0 Å². The van der Waals surface area contributed by atoms with E-state index >= 15 is 0 Å². The van der Waals surface area contributed by atoms with Crippen LogP contribution in [0.5, 0.6) is 5.75 Å². The van der Waals surface area contributed by atoms with Gasteiger partial charge in [-0.15, -0.1) is 0 Å². The number of carbonyl (C=O) groups excluding carboxylic acids is 1. The van der Waals surface area contributed by atoms with Gasteiger partial charge in [-0.3, -0.25) is 4.79 Å². The number of benzene rings is 1. The fraction of sp³-hybridized carbons (Fsp3) is 0.235. The van der Waals surface area contributed by atoms with Crippen LogP contribution in [0, 0.1) is 0 Å². The van der Waals surface area contributed by atoms with Crippen molar-refractivity contribution >= 4 is 17.9 Å². The first kappa shape index (κ1) is 18.0. The Hall–Kier alpha value is -2.04. The number of hydrazine groups is 1. The van der Waals surface area contributed by atoms with Crippen molar-refractivity contribution in [1.82, 2.24) is 10.0 Å². The Balaban J connectivity index is 3.13. The molecule has 0 unspecified atom stereocenters. The number of nitrogens with zero attached hydrogens (tertiary/aromatic N) is 2. The molecule has 118 valence electrons. The van der Waals surface area contributed by atoms with E-state index in [0.717, 1.165) is 17.5 Å². The van der Waals surface area contributed by atoms with Crippen LogP contribution in [0.25, 0.3) is 0 Å². The molecule has 0 fully saturated rings. The van der Waals surface area contributed by atoms with Crippen LogP contribution in [0.3, 0.4) is 0 Å². The molecule has 0 radical (unpaired) electrons. The van der Waals surface area contributed by atoms with Crippen LogP contribution in [0.4, 0.5) is 0 Å². The highest BCUT2D eigenvalue weighted by Gasteiger charge is 2.14. The van der Waals surface area contributed by atoms with Crippen LogP contribution in [-0.4, -0.2) is 37.5 Å². The van der Waals surface area contributed by atoms with Crippen LogP contribution in [0.2, 0.25) is 5.02 Å². The van der Waals surface area contributed by atoms with Gasteiger partial charge in [-0.05, 0) is 23.8 Å². The molecular weight excluding hydrogens is 300 g/mol. The lowest BCUT2D eigenvalue weighted by atomic mass is 10.1. The second-order valence-corrected chi connectivity index (χ2v) is 5.20. The number of hydrogen-bond donors (Lipinski definition) is 0. The number of allylic oxidation sites excluding steroid dienone is 3. The van der Waals surface area contributed by atoms with E-state index in [9.17, 15) is 4.79 Å². The van der Waals surface area contributed by atoms with E-state index in [1.807, 2.05) is 36.3 Å². The maximum Gasteiger partial charge on any atom is 0.153 e. The maximum absolute atomic E-state index is 11.0. The van der Waals surface area contributed by atoms with Gasteiger partial charge >= 0.3 is 0 Å². The fourth-order valence-corrected chi connectivity index (χ4v) is 2.16. The Morgan fingerprint density at radius 1 is 1.41 bits per heavy atom. The van der Waals surface area contributed by atoms with E-state index in [1.165, 1.54) is 7.11 Å². The minimum absolute atomic E-state index is 0.429. The highest BCUT2D eigenvalue weighted by atomic mass is 35.5. The molecule has 0 spiro atoms. The van der Waals surface area contributed by atoms with Crippen LogP contribution in [0.1, 0.15) is 15.9 Å². The lowest BCUT2D eigenvalue weighted by molar-refractivity contribution is 0.0626. The summed E-state index contributed by atoms with van der Waals surface area (Å²) in [6, 6.07) is 3.38. The van der Waals surface area contributed by atoms with Gasteiger partial charge < -0.3 is 9.75 Å². The zero-order valence-electron chi connectivity index (χ0n) is 13.2. The summed E-state index contributed by atoms with van der Waals surface area (Å²) in [7, 11) is 5.35. The Kier molecular flexibility index (Phi) is 6.89. The highest BCUT2D eigenvalue weighted by Crippen LogP contribution is 2.28. The van der Waals surface area contributed by atoms with Crippen LogP contribution >= 0.6 is 11.6 Å². The van der Waals surface area contributed by atoms with Gasteiger partial charge in [0.15, 0.2) is 6.29 Å². The van der Waals surface area contributed by atoms with Crippen molar-refractivity contribution in [2.75, 3.05) is 21.2 Å². The molecule has 5 heteroatoms. The number of methoxy groups -OCH3 is 1. The molecule has 0 saturated heterocycles. The molecule has 0 aliphatic rings. The SMILES string of the molecule is C=C/C=C\C(=C)N(Cc1cc(OC)c(C=O)cc1Cl)N(C)C. The molecule has 0 atom stereocenters. The average Bonchev–Trinajstić information content (AvgIpc) is 2.50. The second kappa shape index (κ2) is 8.41. The Bertz CT molecular complexity index is 595. The van der Waals surface area contributed by atoms with Gasteiger partial charge in [-0.25, -0.2) is 5.01 Å². The molecule has 0 saturated carbocycles. The summed E-state index contributed by atoms with van der Waals surface area (Å²) in [5.41, 5.74) is 2.06. The van der Waals surface area contributed by atoms with Crippen molar-refractivity contribution in [2.24, 2.45) is 0 Å². The van der Waals surface area contributed by atoms with E-state index < -0.39 is 0 Å². The lowest BCUT2D eigenvalue weighted by Crippen LogP contribution is -2.34. The summed E-state index contributed by atoms with van der Waals surface area (Å²) in [6.45, 7) is 8.18. The van der Waals surface area contributed by atoms with Gasteiger partial charge in [0.2, 0.25) is 0 Å². The summed E-state index contributed by atoms with van der Waals surface area (Å²) in [5, 5.41) is 4.36. The normalized spacial score (nSPS) is 10.8. The first-order valence-electron chi connectivity index (χ1n) is 6.69. The smallest absolute Gasteiger partial charge is 0.153 e. The summed E-state index contributed by atoms with van der Waals surface area (Å²) in [6.07, 6.45) is 6.09. The van der Waals surface area contributed by atoms with Crippen molar-refractivity contribution in [3.05, 3.63) is 65.4 Å². The zero-order valence-corrected chi connectivity index (χ0v) is 13.9. The monoisotopic (exact) mass is 320 g/mol. The molecule has 0 N–H and O–H groups in total. The van der Waals surface area contributed by atoms with Gasteiger partial charge in [-0.2, -0.15) is 0 Å². The summed E-state index contributed by atoms with van der Waals surface area (Å²) in [4.78, 5) is 11.0.